The van der Waals surface area contributed by atoms with Gasteiger partial charge in [-0.25, -0.2) is 9.97 Å². The highest BCUT2D eigenvalue weighted by atomic mass is 32.1. The standard InChI is InChI=1S/C14H19N3OS/c1-17(7-5-11-4-2-3-8-18-11)14-13-12(6-9-19-13)15-10-16-14/h6,9-11H,2-5,7-8H2,1H3. The van der Waals surface area contributed by atoms with Crippen LogP contribution in [0.3, 0.4) is 0 Å². The summed E-state index contributed by atoms with van der Waals surface area (Å²) in [6.07, 6.45) is 6.87. The van der Waals surface area contributed by atoms with Crippen molar-refractivity contribution in [1.29, 1.82) is 0 Å². The molecule has 3 rings (SSSR count). The van der Waals surface area contributed by atoms with E-state index in [1.54, 1.807) is 17.7 Å². The van der Waals surface area contributed by atoms with Crippen molar-refractivity contribution in [3.05, 3.63) is 17.8 Å². The van der Waals surface area contributed by atoms with Crippen LogP contribution in [-0.2, 0) is 4.74 Å². The quantitative estimate of drug-likeness (QED) is 0.861. The lowest BCUT2D eigenvalue weighted by Gasteiger charge is -2.25. The minimum atomic E-state index is 0.428. The molecule has 0 saturated carbocycles. The van der Waals surface area contributed by atoms with E-state index >= 15 is 0 Å². The van der Waals surface area contributed by atoms with Gasteiger partial charge in [0.1, 0.15) is 12.1 Å². The highest BCUT2D eigenvalue weighted by molar-refractivity contribution is 7.17. The van der Waals surface area contributed by atoms with Crippen LogP contribution in [0.5, 0.6) is 0 Å². The normalized spacial score (nSPS) is 19.7. The van der Waals surface area contributed by atoms with Crippen LogP contribution in [0, 0.1) is 0 Å². The number of thiophene rings is 1. The molecule has 0 aromatic carbocycles. The van der Waals surface area contributed by atoms with Crippen LogP contribution >= 0.6 is 11.3 Å². The Bertz CT molecular complexity index is 536. The smallest absolute Gasteiger partial charge is 0.149 e. The summed E-state index contributed by atoms with van der Waals surface area (Å²) in [5.74, 6) is 1.04. The molecule has 0 spiro atoms. The number of fused-ring (bicyclic) bond motifs is 1. The van der Waals surface area contributed by atoms with Crippen LogP contribution in [0.1, 0.15) is 25.7 Å². The van der Waals surface area contributed by atoms with Crippen LogP contribution in [0.15, 0.2) is 17.8 Å². The first kappa shape index (κ1) is 12.8. The summed E-state index contributed by atoms with van der Waals surface area (Å²) in [5, 5.41) is 2.07. The molecule has 3 heterocycles. The van der Waals surface area contributed by atoms with Gasteiger partial charge in [-0.2, -0.15) is 0 Å². The summed E-state index contributed by atoms with van der Waals surface area (Å²) in [7, 11) is 2.10. The molecule has 2 aromatic rings. The second-order valence-electron chi connectivity index (χ2n) is 5.03. The van der Waals surface area contributed by atoms with Crippen molar-refractivity contribution >= 4 is 27.4 Å². The van der Waals surface area contributed by atoms with Gasteiger partial charge in [0.2, 0.25) is 0 Å². The number of anilines is 1. The van der Waals surface area contributed by atoms with Crippen molar-refractivity contribution < 1.29 is 4.74 Å². The molecule has 1 fully saturated rings. The van der Waals surface area contributed by atoms with E-state index in [1.165, 1.54) is 24.0 Å². The van der Waals surface area contributed by atoms with Gasteiger partial charge < -0.3 is 9.64 Å². The second kappa shape index (κ2) is 5.84. The predicted molar refractivity (Wildman–Crippen MR) is 78.9 cm³/mol. The van der Waals surface area contributed by atoms with E-state index in [2.05, 4.69) is 27.3 Å². The first-order valence-electron chi connectivity index (χ1n) is 6.85. The molecule has 0 N–H and O–H groups in total. The van der Waals surface area contributed by atoms with Gasteiger partial charge in [-0.05, 0) is 37.1 Å². The van der Waals surface area contributed by atoms with Crippen LogP contribution in [0.4, 0.5) is 5.82 Å². The number of hydrogen-bond acceptors (Lipinski definition) is 5. The van der Waals surface area contributed by atoms with Gasteiger partial charge in [0.05, 0.1) is 16.3 Å². The molecule has 0 amide bonds. The van der Waals surface area contributed by atoms with E-state index in [4.69, 9.17) is 4.74 Å². The predicted octanol–water partition coefficient (Wildman–Crippen LogP) is 3.09. The summed E-state index contributed by atoms with van der Waals surface area (Å²) in [6.45, 7) is 1.91. The molecule has 102 valence electrons. The molecule has 1 aliphatic rings. The van der Waals surface area contributed by atoms with Gasteiger partial charge >= 0.3 is 0 Å². The molecule has 5 heteroatoms. The third-order valence-corrected chi connectivity index (χ3v) is 4.55. The lowest BCUT2D eigenvalue weighted by Crippen LogP contribution is -2.27. The largest absolute Gasteiger partial charge is 0.378 e. The molecule has 0 radical (unpaired) electrons. The van der Waals surface area contributed by atoms with Gasteiger partial charge in [-0.3, -0.25) is 0 Å². The topological polar surface area (TPSA) is 38.2 Å². The van der Waals surface area contributed by atoms with Crippen molar-refractivity contribution in [2.24, 2.45) is 0 Å². The van der Waals surface area contributed by atoms with E-state index in [9.17, 15) is 0 Å². The molecule has 1 saturated heterocycles. The highest BCUT2D eigenvalue weighted by Gasteiger charge is 2.16. The van der Waals surface area contributed by atoms with E-state index < -0.39 is 0 Å². The highest BCUT2D eigenvalue weighted by Crippen LogP contribution is 2.27. The van der Waals surface area contributed by atoms with Crippen molar-refractivity contribution in [2.45, 2.75) is 31.8 Å². The first-order chi connectivity index (χ1) is 9.34. The summed E-state index contributed by atoms with van der Waals surface area (Å²) < 4.78 is 6.96. The zero-order chi connectivity index (χ0) is 13.1. The van der Waals surface area contributed by atoms with Gasteiger partial charge in [-0.1, -0.05) is 0 Å². The van der Waals surface area contributed by atoms with Crippen molar-refractivity contribution in [3.63, 3.8) is 0 Å². The average molecular weight is 277 g/mol. The van der Waals surface area contributed by atoms with E-state index in [-0.39, 0.29) is 0 Å². The third kappa shape index (κ3) is 2.87. The summed E-state index contributed by atoms with van der Waals surface area (Å²) in [4.78, 5) is 10.9. The minimum absolute atomic E-state index is 0.428. The van der Waals surface area contributed by atoms with E-state index in [1.807, 2.05) is 6.07 Å². The fourth-order valence-electron chi connectivity index (χ4n) is 2.53. The molecular formula is C14H19N3OS. The van der Waals surface area contributed by atoms with Crippen LogP contribution in [0.2, 0.25) is 0 Å². The van der Waals surface area contributed by atoms with E-state index in [0.29, 0.717) is 6.10 Å². The number of nitrogens with zero attached hydrogens (tertiary/aromatic N) is 3. The van der Waals surface area contributed by atoms with Crippen LogP contribution in [-0.4, -0.2) is 36.3 Å². The van der Waals surface area contributed by atoms with E-state index in [0.717, 1.165) is 30.9 Å². The Kier molecular flexibility index (Phi) is 3.94. The molecule has 1 aliphatic heterocycles. The summed E-state index contributed by atoms with van der Waals surface area (Å²) in [6, 6.07) is 2.04. The second-order valence-corrected chi connectivity index (χ2v) is 5.95. The maximum absolute atomic E-state index is 5.78. The van der Waals surface area contributed by atoms with Crippen molar-refractivity contribution in [2.75, 3.05) is 25.1 Å². The number of rotatable bonds is 4. The maximum Gasteiger partial charge on any atom is 0.149 e. The zero-order valence-corrected chi connectivity index (χ0v) is 12.0. The van der Waals surface area contributed by atoms with Crippen molar-refractivity contribution in [1.82, 2.24) is 9.97 Å². The minimum Gasteiger partial charge on any atom is -0.378 e. The Morgan fingerprint density at radius 3 is 3.21 bits per heavy atom. The summed E-state index contributed by atoms with van der Waals surface area (Å²) in [5.41, 5.74) is 1.04. The monoisotopic (exact) mass is 277 g/mol. The van der Waals surface area contributed by atoms with Gasteiger partial charge in [0.25, 0.3) is 0 Å². The lowest BCUT2D eigenvalue weighted by atomic mass is 10.1. The Balaban J connectivity index is 1.66. The zero-order valence-electron chi connectivity index (χ0n) is 11.2. The Labute approximate surface area is 117 Å². The van der Waals surface area contributed by atoms with Gasteiger partial charge in [-0.15, -0.1) is 11.3 Å². The fourth-order valence-corrected chi connectivity index (χ4v) is 3.41. The number of ether oxygens (including phenoxy) is 1. The molecule has 0 bridgehead atoms. The van der Waals surface area contributed by atoms with Crippen LogP contribution < -0.4 is 4.90 Å². The lowest BCUT2D eigenvalue weighted by molar-refractivity contribution is 0.0127. The molecule has 1 atom stereocenters. The Morgan fingerprint density at radius 1 is 1.42 bits per heavy atom. The number of aromatic nitrogens is 2. The number of hydrogen-bond donors (Lipinski definition) is 0. The van der Waals surface area contributed by atoms with Gasteiger partial charge in [0, 0.05) is 20.2 Å². The molecule has 1 unspecified atom stereocenters. The molecule has 0 aliphatic carbocycles. The molecular weight excluding hydrogens is 258 g/mol. The molecule has 4 nitrogen and oxygen atoms in total. The first-order valence-corrected chi connectivity index (χ1v) is 7.73. The Morgan fingerprint density at radius 2 is 2.37 bits per heavy atom. The van der Waals surface area contributed by atoms with Crippen molar-refractivity contribution in [3.8, 4) is 0 Å². The molecule has 19 heavy (non-hydrogen) atoms. The fraction of sp³-hybridized carbons (Fsp3) is 0.571. The SMILES string of the molecule is CN(CCC1CCCCO1)c1ncnc2ccsc12. The molecule has 2 aromatic heterocycles. The Hall–Kier alpha value is -1.20. The third-order valence-electron chi connectivity index (χ3n) is 3.65. The van der Waals surface area contributed by atoms with Crippen LogP contribution in [0.25, 0.3) is 10.2 Å². The maximum atomic E-state index is 5.78. The summed E-state index contributed by atoms with van der Waals surface area (Å²) >= 11 is 1.71. The average Bonchev–Trinajstić information content (AvgIpc) is 2.94. The van der Waals surface area contributed by atoms with Gasteiger partial charge in [0.15, 0.2) is 0 Å².